The molecule has 0 aliphatic rings. The summed E-state index contributed by atoms with van der Waals surface area (Å²) in [5, 5.41) is 10.00. The normalized spacial score (nSPS) is 11.4. The van der Waals surface area contributed by atoms with Gasteiger partial charge in [-0.2, -0.15) is 0 Å². The summed E-state index contributed by atoms with van der Waals surface area (Å²) in [7, 11) is -4.27. The first-order valence-electron chi connectivity index (χ1n) is 6.03. The standard InChI is InChI=1S/C7H8O3S.C6H13NO2.2H3N/c1-6-2-4-7(5-3-6)11(8,9)10;1-4(2)3-5(7)6(8)9;;/h2-5H,1H3,(H,8,9,10);4-5H,3,7H2,1-2H3,(H,8,9);2*1H3/t;5-;;/m.0../s1. The van der Waals surface area contributed by atoms with E-state index in [4.69, 9.17) is 5.73 Å². The number of hydrogen-bond acceptors (Lipinski definition) is 6. The Balaban J connectivity index is -0.000000307. The molecule has 1 aromatic carbocycles. The summed E-state index contributed by atoms with van der Waals surface area (Å²) in [6.45, 7) is 5.66. The van der Waals surface area contributed by atoms with E-state index in [2.05, 4.69) is 0 Å². The second-order valence-electron chi connectivity index (χ2n) is 4.82. The Labute approximate surface area is 131 Å². The zero-order chi connectivity index (χ0) is 15.9. The van der Waals surface area contributed by atoms with Crippen LogP contribution in [0, 0.1) is 12.8 Å². The molecule has 0 radical (unpaired) electrons. The van der Waals surface area contributed by atoms with Gasteiger partial charge in [0.1, 0.15) is 10.1 Å². The Kier molecular flexibility index (Phi) is 12.8. The minimum Gasteiger partial charge on any atom is -0.744 e. The first-order valence-corrected chi connectivity index (χ1v) is 7.44. The molecule has 1 aromatic rings. The number of hydrogen-bond donors (Lipinski definition) is 3. The molecule has 0 amide bonds. The van der Waals surface area contributed by atoms with E-state index in [1.165, 1.54) is 12.1 Å². The average molecular weight is 337 g/mol. The minimum atomic E-state index is -4.27. The van der Waals surface area contributed by atoms with Crippen LogP contribution in [-0.2, 0) is 14.9 Å². The van der Waals surface area contributed by atoms with Gasteiger partial charge in [0.25, 0.3) is 0 Å². The number of carboxylic acids is 1. The van der Waals surface area contributed by atoms with E-state index in [0.29, 0.717) is 12.3 Å². The molecule has 0 spiro atoms. The van der Waals surface area contributed by atoms with E-state index < -0.39 is 22.1 Å². The van der Waals surface area contributed by atoms with Crippen molar-refractivity contribution in [2.75, 3.05) is 0 Å². The zero-order valence-electron chi connectivity index (χ0n) is 13.7. The SMILES string of the molecule is CC(C)C[C@H](N)C(=O)[O-].Cc1ccc(S(=O)(=O)[O-])cc1.[NH4+].[NH4+]. The van der Waals surface area contributed by atoms with Crippen LogP contribution in [0.15, 0.2) is 29.2 Å². The van der Waals surface area contributed by atoms with Gasteiger partial charge in [0.05, 0.1) is 10.9 Å². The molecule has 0 aliphatic heterocycles. The summed E-state index contributed by atoms with van der Waals surface area (Å²) >= 11 is 0. The molecule has 0 saturated heterocycles. The highest BCUT2D eigenvalue weighted by molar-refractivity contribution is 7.85. The van der Waals surface area contributed by atoms with Gasteiger partial charge in [0, 0.05) is 6.04 Å². The molecule has 8 nitrogen and oxygen atoms in total. The topological polar surface area (TPSA) is 196 Å². The highest BCUT2D eigenvalue weighted by atomic mass is 32.2. The van der Waals surface area contributed by atoms with Gasteiger partial charge in [0.15, 0.2) is 0 Å². The van der Waals surface area contributed by atoms with Crippen molar-refractivity contribution in [1.29, 1.82) is 0 Å². The van der Waals surface area contributed by atoms with Crippen LogP contribution in [0.25, 0.3) is 0 Å². The van der Waals surface area contributed by atoms with Crippen molar-refractivity contribution in [3.63, 3.8) is 0 Å². The molecule has 0 saturated carbocycles. The van der Waals surface area contributed by atoms with Crippen LogP contribution >= 0.6 is 0 Å². The maximum absolute atomic E-state index is 10.4. The van der Waals surface area contributed by atoms with Crippen LogP contribution in [0.1, 0.15) is 25.8 Å². The van der Waals surface area contributed by atoms with E-state index in [0.717, 1.165) is 5.56 Å². The van der Waals surface area contributed by atoms with Gasteiger partial charge in [-0.15, -0.1) is 0 Å². The van der Waals surface area contributed by atoms with Crippen LogP contribution in [0.2, 0.25) is 0 Å². The lowest BCUT2D eigenvalue weighted by atomic mass is 10.1. The number of benzene rings is 1. The van der Waals surface area contributed by atoms with Crippen molar-refractivity contribution in [2.45, 2.75) is 38.1 Å². The van der Waals surface area contributed by atoms with E-state index in [1.54, 1.807) is 12.1 Å². The van der Waals surface area contributed by atoms with Crippen molar-refractivity contribution in [2.24, 2.45) is 11.7 Å². The maximum Gasteiger partial charge on any atom is 0.124 e. The van der Waals surface area contributed by atoms with Gasteiger partial charge in [0.2, 0.25) is 0 Å². The summed E-state index contributed by atoms with van der Waals surface area (Å²) in [6, 6.07) is 4.98. The second kappa shape index (κ2) is 11.1. The Morgan fingerprint density at radius 2 is 1.59 bits per heavy atom. The summed E-state index contributed by atoms with van der Waals surface area (Å²) in [4.78, 5) is 9.82. The smallest absolute Gasteiger partial charge is 0.124 e. The van der Waals surface area contributed by atoms with E-state index in [-0.39, 0.29) is 17.2 Å². The number of aliphatic carboxylic acids is 1. The van der Waals surface area contributed by atoms with Gasteiger partial charge in [-0.1, -0.05) is 31.5 Å². The third kappa shape index (κ3) is 11.2. The predicted molar refractivity (Wildman–Crippen MR) is 83.5 cm³/mol. The third-order valence-electron chi connectivity index (χ3n) is 2.34. The fourth-order valence-corrected chi connectivity index (χ4v) is 1.78. The van der Waals surface area contributed by atoms with E-state index >= 15 is 0 Å². The largest absolute Gasteiger partial charge is 0.744 e. The van der Waals surface area contributed by atoms with Gasteiger partial charge in [-0.3, -0.25) is 0 Å². The molecule has 0 aliphatic carbocycles. The predicted octanol–water partition coefficient (Wildman–Crippen LogP) is 0.761. The molecule has 1 rings (SSSR count). The summed E-state index contributed by atoms with van der Waals surface area (Å²) in [5.74, 6) is -0.846. The first kappa shape index (κ1) is 25.4. The van der Waals surface area contributed by atoms with Crippen LogP contribution in [-0.4, -0.2) is 25.0 Å². The van der Waals surface area contributed by atoms with E-state index in [1.807, 2.05) is 20.8 Å². The number of nitrogens with two attached hydrogens (primary N) is 1. The van der Waals surface area contributed by atoms with Crippen LogP contribution < -0.4 is 23.1 Å². The third-order valence-corrected chi connectivity index (χ3v) is 3.19. The number of aryl methyl sites for hydroxylation is 1. The summed E-state index contributed by atoms with van der Waals surface area (Å²) in [6.07, 6.45) is 0.488. The van der Waals surface area contributed by atoms with Crippen LogP contribution in [0.3, 0.4) is 0 Å². The number of quaternary nitrogens is 2. The lowest BCUT2D eigenvalue weighted by Gasteiger charge is -2.13. The first-order chi connectivity index (χ1) is 9.04. The molecule has 1 atom stereocenters. The van der Waals surface area contributed by atoms with Crippen molar-refractivity contribution >= 4 is 16.1 Å². The van der Waals surface area contributed by atoms with Crippen molar-refractivity contribution in [1.82, 2.24) is 12.3 Å². The molecule has 22 heavy (non-hydrogen) atoms. The number of carbonyl (C=O) groups excluding carboxylic acids is 1. The highest BCUT2D eigenvalue weighted by Crippen LogP contribution is 2.08. The molecule has 0 heterocycles. The van der Waals surface area contributed by atoms with Crippen molar-refractivity contribution in [3.05, 3.63) is 29.8 Å². The Hall–Kier alpha value is -1.52. The maximum atomic E-state index is 10.4. The monoisotopic (exact) mass is 337 g/mol. The van der Waals surface area contributed by atoms with Gasteiger partial charge < -0.3 is 32.5 Å². The molecule has 0 unspecified atom stereocenters. The number of rotatable bonds is 4. The number of carbonyl (C=O) groups is 1. The molecular formula is C13H27N3O5S. The second-order valence-corrected chi connectivity index (χ2v) is 6.20. The quantitative estimate of drug-likeness (QED) is 0.677. The molecule has 130 valence electrons. The van der Waals surface area contributed by atoms with Crippen molar-refractivity contribution in [3.8, 4) is 0 Å². The summed E-state index contributed by atoms with van der Waals surface area (Å²) < 4.78 is 31.2. The average Bonchev–Trinajstić information content (AvgIpc) is 2.28. The molecule has 10 N–H and O–H groups in total. The molecular weight excluding hydrogens is 310 g/mol. The fraction of sp³-hybridized carbons (Fsp3) is 0.462. The van der Waals surface area contributed by atoms with Crippen molar-refractivity contribution < 1.29 is 22.9 Å². The highest BCUT2D eigenvalue weighted by Gasteiger charge is 2.04. The van der Waals surface area contributed by atoms with E-state index in [9.17, 15) is 22.9 Å². The minimum absolute atomic E-state index is 0. The lowest BCUT2D eigenvalue weighted by molar-refractivity contribution is -0.307. The Bertz CT molecular complexity index is 529. The van der Waals surface area contributed by atoms with Gasteiger partial charge >= 0.3 is 0 Å². The zero-order valence-corrected chi connectivity index (χ0v) is 14.5. The Morgan fingerprint density at radius 1 is 1.18 bits per heavy atom. The lowest BCUT2D eigenvalue weighted by Crippen LogP contribution is -2.42. The molecule has 0 bridgehead atoms. The molecule has 0 aromatic heterocycles. The number of carboxylic acid groups (broad SMARTS) is 1. The Morgan fingerprint density at radius 3 is 1.82 bits per heavy atom. The van der Waals surface area contributed by atoms with Gasteiger partial charge in [-0.25, -0.2) is 8.42 Å². The summed E-state index contributed by atoms with van der Waals surface area (Å²) in [5.41, 5.74) is 6.08. The van der Waals surface area contributed by atoms with Crippen LogP contribution in [0.5, 0.6) is 0 Å². The van der Waals surface area contributed by atoms with Crippen LogP contribution in [0.4, 0.5) is 0 Å². The van der Waals surface area contributed by atoms with Gasteiger partial charge in [-0.05, 0) is 31.4 Å². The molecule has 9 heteroatoms. The molecule has 0 fully saturated rings. The fourth-order valence-electron chi connectivity index (χ4n) is 1.31.